The summed E-state index contributed by atoms with van der Waals surface area (Å²) in [5.41, 5.74) is 0. The van der Waals surface area contributed by atoms with E-state index < -0.39 is 0 Å². The van der Waals surface area contributed by atoms with Gasteiger partial charge in [-0.25, -0.2) is 5.11 Å². The molecule has 1 aromatic heterocycles. The molecule has 1 radical (unpaired) electrons. The molecule has 4 nitrogen and oxygen atoms in total. The monoisotopic (exact) mass is 98.0 g/mol. The van der Waals surface area contributed by atoms with Crippen molar-refractivity contribution in [3.05, 3.63) is 6.33 Å². The lowest BCUT2D eigenvalue weighted by Crippen LogP contribution is -1.79. The molecule has 0 atom stereocenters. The number of rotatable bonds is 0. The van der Waals surface area contributed by atoms with Gasteiger partial charge in [0.15, 0.2) is 0 Å². The minimum Gasteiger partial charge on any atom is -0.283 e. The number of aromatic nitrogens is 3. The first kappa shape index (κ1) is 4.11. The molecule has 0 unspecified atom stereocenters. The Morgan fingerprint density at radius 1 is 1.86 bits per heavy atom. The zero-order valence-electron chi connectivity index (χ0n) is 3.83. The van der Waals surface area contributed by atoms with E-state index >= 15 is 0 Å². The Bertz CT molecular complexity index is 142. The Labute approximate surface area is 40.4 Å². The van der Waals surface area contributed by atoms with Crippen molar-refractivity contribution in [3.8, 4) is 6.01 Å². The predicted octanol–water partition coefficient (Wildman–Crippen LogP) is -0.0411. The molecular weight excluding hydrogens is 94.1 g/mol. The Morgan fingerprint density at radius 3 is 2.71 bits per heavy atom. The smallest absolute Gasteiger partial charge is 0.283 e. The molecule has 0 aliphatic rings. The molecule has 1 aromatic rings. The summed E-state index contributed by atoms with van der Waals surface area (Å²) in [7, 11) is 1.60. The third-order valence-corrected chi connectivity index (χ3v) is 0.670. The third kappa shape index (κ3) is 0.534. The fourth-order valence-corrected chi connectivity index (χ4v) is 0.273. The molecule has 0 aliphatic carbocycles. The Kier molecular flexibility index (Phi) is 0.714. The second-order valence-corrected chi connectivity index (χ2v) is 1.22. The maximum atomic E-state index is 10.2. The highest BCUT2D eigenvalue weighted by atomic mass is 16.3. The first-order chi connectivity index (χ1) is 3.30. The van der Waals surface area contributed by atoms with Crippen LogP contribution in [0.3, 0.4) is 0 Å². The fraction of sp³-hybridized carbons (Fsp3) is 0.333. The first-order valence-electron chi connectivity index (χ1n) is 1.81. The molecule has 1 heterocycles. The van der Waals surface area contributed by atoms with Gasteiger partial charge in [0.05, 0.1) is 0 Å². The molecule has 0 spiro atoms. The van der Waals surface area contributed by atoms with Gasteiger partial charge in [-0.15, -0.1) is 5.10 Å². The van der Waals surface area contributed by atoms with Gasteiger partial charge in [0.1, 0.15) is 6.33 Å². The molecule has 0 fully saturated rings. The number of aryl methyl sites for hydroxylation is 1. The highest BCUT2D eigenvalue weighted by Crippen LogP contribution is 1.96. The van der Waals surface area contributed by atoms with Crippen molar-refractivity contribution in [2.24, 2.45) is 7.05 Å². The number of hydrogen-bond acceptors (Lipinski definition) is 2. The van der Waals surface area contributed by atoms with Crippen molar-refractivity contribution in [2.45, 2.75) is 0 Å². The van der Waals surface area contributed by atoms with Crippen LogP contribution in [0.5, 0.6) is 6.01 Å². The molecule has 37 valence electrons. The highest BCUT2D eigenvalue weighted by molar-refractivity contribution is 4.84. The van der Waals surface area contributed by atoms with Crippen molar-refractivity contribution < 1.29 is 5.11 Å². The molecule has 0 saturated heterocycles. The van der Waals surface area contributed by atoms with Crippen molar-refractivity contribution in [3.63, 3.8) is 0 Å². The van der Waals surface area contributed by atoms with E-state index in [9.17, 15) is 5.11 Å². The van der Waals surface area contributed by atoms with E-state index in [1.165, 1.54) is 10.9 Å². The van der Waals surface area contributed by atoms with Gasteiger partial charge < -0.3 is 0 Å². The molecule has 0 aromatic carbocycles. The van der Waals surface area contributed by atoms with Crippen molar-refractivity contribution >= 4 is 0 Å². The zero-order valence-corrected chi connectivity index (χ0v) is 3.83. The topological polar surface area (TPSA) is 50.6 Å². The summed E-state index contributed by atoms with van der Waals surface area (Å²) in [5.74, 6) is 0. The molecule has 1 rings (SSSR count). The molecule has 7 heavy (non-hydrogen) atoms. The van der Waals surface area contributed by atoms with Crippen LogP contribution in [-0.4, -0.2) is 14.8 Å². The molecule has 0 N–H and O–H groups in total. The van der Waals surface area contributed by atoms with Gasteiger partial charge in [-0.05, 0) is 0 Å². The maximum Gasteiger partial charge on any atom is 0.367 e. The third-order valence-electron chi connectivity index (χ3n) is 0.670. The minimum atomic E-state index is -0.306. The van der Waals surface area contributed by atoms with Crippen LogP contribution in [0.25, 0.3) is 0 Å². The average Bonchev–Trinajstić information content (AvgIpc) is 1.91. The van der Waals surface area contributed by atoms with Gasteiger partial charge in [0.2, 0.25) is 0 Å². The van der Waals surface area contributed by atoms with Crippen LogP contribution in [0.4, 0.5) is 0 Å². The van der Waals surface area contributed by atoms with Crippen molar-refractivity contribution in [1.29, 1.82) is 0 Å². The van der Waals surface area contributed by atoms with Crippen LogP contribution in [0.15, 0.2) is 6.33 Å². The summed E-state index contributed by atoms with van der Waals surface area (Å²) in [6.45, 7) is 0. The lowest BCUT2D eigenvalue weighted by atomic mass is 11.0. The zero-order chi connectivity index (χ0) is 5.28. The van der Waals surface area contributed by atoms with Gasteiger partial charge in [-0.3, -0.25) is 4.57 Å². The van der Waals surface area contributed by atoms with Crippen LogP contribution >= 0.6 is 0 Å². The van der Waals surface area contributed by atoms with E-state index in [4.69, 9.17) is 0 Å². The molecule has 0 bridgehead atoms. The van der Waals surface area contributed by atoms with Crippen molar-refractivity contribution in [2.75, 3.05) is 0 Å². The number of nitrogens with zero attached hydrogens (tertiary/aromatic N) is 3. The summed E-state index contributed by atoms with van der Waals surface area (Å²) >= 11 is 0. The van der Waals surface area contributed by atoms with E-state index in [1.54, 1.807) is 7.05 Å². The second-order valence-electron chi connectivity index (χ2n) is 1.22. The quantitative estimate of drug-likeness (QED) is 0.457. The summed E-state index contributed by atoms with van der Waals surface area (Å²) in [6, 6.07) is -0.306. The van der Waals surface area contributed by atoms with Crippen LogP contribution in [-0.2, 0) is 12.2 Å². The molecule has 4 heteroatoms. The average molecular weight is 98.1 g/mol. The van der Waals surface area contributed by atoms with E-state index in [2.05, 4.69) is 10.2 Å². The second kappa shape index (κ2) is 1.22. The van der Waals surface area contributed by atoms with Gasteiger partial charge in [0.25, 0.3) is 0 Å². The predicted molar refractivity (Wildman–Crippen MR) is 21.1 cm³/mol. The Morgan fingerprint density at radius 2 is 2.57 bits per heavy atom. The summed E-state index contributed by atoms with van der Waals surface area (Å²) in [6.07, 6.45) is 1.36. The summed E-state index contributed by atoms with van der Waals surface area (Å²) < 4.78 is 1.31. The van der Waals surface area contributed by atoms with Gasteiger partial charge >= 0.3 is 6.01 Å². The van der Waals surface area contributed by atoms with Crippen LogP contribution < -0.4 is 0 Å². The standard InChI is InChI=1S/C3H4N3O/c1-6-2-4-5-3(6)7/h2H,1H3. The summed E-state index contributed by atoms with van der Waals surface area (Å²) in [4.78, 5) is 0. The number of hydrogen-bond donors (Lipinski definition) is 0. The molecular formula is C3H4N3O. The fourth-order valence-electron chi connectivity index (χ4n) is 0.273. The maximum absolute atomic E-state index is 10.2. The SMILES string of the molecule is Cn1cnnc1[O]. The molecule has 0 amide bonds. The summed E-state index contributed by atoms with van der Waals surface area (Å²) in [5, 5.41) is 16.7. The molecule has 0 aliphatic heterocycles. The van der Waals surface area contributed by atoms with Crippen LogP contribution in [0, 0.1) is 0 Å². The van der Waals surface area contributed by atoms with E-state index in [1.807, 2.05) is 0 Å². The van der Waals surface area contributed by atoms with Gasteiger partial charge in [-0.1, -0.05) is 5.10 Å². The Balaban J connectivity index is 3.12. The van der Waals surface area contributed by atoms with Crippen molar-refractivity contribution in [1.82, 2.24) is 14.8 Å². The Hall–Kier alpha value is -1.06. The normalized spacial score (nSPS) is 9.29. The van der Waals surface area contributed by atoms with Crippen LogP contribution in [0.2, 0.25) is 0 Å². The highest BCUT2D eigenvalue weighted by Gasteiger charge is 1.93. The lowest BCUT2D eigenvalue weighted by Gasteiger charge is -1.79. The molecule has 0 saturated carbocycles. The van der Waals surface area contributed by atoms with E-state index in [0.717, 1.165) is 0 Å². The van der Waals surface area contributed by atoms with E-state index in [0.29, 0.717) is 0 Å². The van der Waals surface area contributed by atoms with Gasteiger partial charge in [0, 0.05) is 7.05 Å². The first-order valence-corrected chi connectivity index (χ1v) is 1.81. The lowest BCUT2D eigenvalue weighted by molar-refractivity contribution is 0.304. The van der Waals surface area contributed by atoms with Crippen LogP contribution in [0.1, 0.15) is 0 Å². The van der Waals surface area contributed by atoms with E-state index in [-0.39, 0.29) is 6.01 Å². The minimum absolute atomic E-state index is 0.306. The largest absolute Gasteiger partial charge is 0.367 e. The van der Waals surface area contributed by atoms with Gasteiger partial charge in [-0.2, -0.15) is 0 Å².